The molecule has 8 heteroatoms. The van der Waals surface area contributed by atoms with E-state index in [1.807, 2.05) is 35.9 Å². The van der Waals surface area contributed by atoms with Crippen LogP contribution in [0.2, 0.25) is 5.02 Å². The molecular formula is C18H17ClN4O2S. The molecule has 0 spiro atoms. The van der Waals surface area contributed by atoms with Gasteiger partial charge in [-0.2, -0.15) is 0 Å². The third-order valence-electron chi connectivity index (χ3n) is 4.00. The lowest BCUT2D eigenvalue weighted by Crippen LogP contribution is -1.97. The summed E-state index contributed by atoms with van der Waals surface area (Å²) in [7, 11) is 1.96. The van der Waals surface area contributed by atoms with Gasteiger partial charge < -0.3 is 14.0 Å². The number of pyridine rings is 1. The average Bonchev–Trinajstić information content (AvgIpc) is 2.86. The molecule has 26 heavy (non-hydrogen) atoms. The second-order valence-electron chi connectivity index (χ2n) is 5.85. The summed E-state index contributed by atoms with van der Waals surface area (Å²) in [6.45, 7) is 1.26. The van der Waals surface area contributed by atoms with Crippen molar-refractivity contribution in [1.29, 1.82) is 0 Å². The molecule has 1 aromatic carbocycles. The molecular weight excluding hydrogens is 372 g/mol. The minimum absolute atomic E-state index is 0.579. The summed E-state index contributed by atoms with van der Waals surface area (Å²) in [6.07, 6.45) is 4.35. The Hall–Kier alpha value is -2.25. The quantitative estimate of drug-likeness (QED) is 0.630. The van der Waals surface area contributed by atoms with Crippen LogP contribution >= 0.6 is 23.4 Å². The van der Waals surface area contributed by atoms with Crippen LogP contribution in [0.25, 0.3) is 11.4 Å². The van der Waals surface area contributed by atoms with E-state index in [4.69, 9.17) is 21.1 Å². The smallest absolute Gasteiger partial charge is 0.191 e. The molecule has 6 nitrogen and oxygen atoms in total. The third-order valence-corrected chi connectivity index (χ3v) is 5.38. The zero-order valence-electron chi connectivity index (χ0n) is 14.2. The summed E-state index contributed by atoms with van der Waals surface area (Å²) in [5.41, 5.74) is 2.04. The molecule has 0 amide bonds. The molecule has 0 aliphatic carbocycles. The number of halogens is 1. The SMILES string of the molecule is Cn1c(SCc2cc(Cl)c3c(c2)OCCCO3)nnc1-c1ccncc1. The maximum Gasteiger partial charge on any atom is 0.191 e. The van der Waals surface area contributed by atoms with Crippen LogP contribution in [0, 0.1) is 0 Å². The normalized spacial score (nSPS) is 13.5. The molecule has 4 rings (SSSR count). The van der Waals surface area contributed by atoms with Crippen molar-refractivity contribution in [3.63, 3.8) is 0 Å². The fraction of sp³-hybridized carbons (Fsp3) is 0.278. The summed E-state index contributed by atoms with van der Waals surface area (Å²) in [5, 5.41) is 10.0. The van der Waals surface area contributed by atoms with Crippen molar-refractivity contribution in [2.45, 2.75) is 17.3 Å². The molecule has 1 aliphatic heterocycles. The Morgan fingerprint density at radius 3 is 2.81 bits per heavy atom. The Bertz CT molecular complexity index is 917. The van der Waals surface area contributed by atoms with Crippen LogP contribution in [0.1, 0.15) is 12.0 Å². The predicted molar refractivity (Wildman–Crippen MR) is 101 cm³/mol. The van der Waals surface area contributed by atoms with Crippen LogP contribution in [0.3, 0.4) is 0 Å². The third kappa shape index (κ3) is 3.50. The molecule has 3 aromatic rings. The van der Waals surface area contributed by atoms with Gasteiger partial charge in [0, 0.05) is 37.2 Å². The Balaban J connectivity index is 1.52. The van der Waals surface area contributed by atoms with E-state index in [9.17, 15) is 0 Å². The summed E-state index contributed by atoms with van der Waals surface area (Å²) >= 11 is 7.96. The van der Waals surface area contributed by atoms with E-state index in [-0.39, 0.29) is 0 Å². The number of thioether (sulfide) groups is 1. The van der Waals surface area contributed by atoms with Gasteiger partial charge in [0.1, 0.15) is 0 Å². The lowest BCUT2D eigenvalue weighted by atomic mass is 10.2. The topological polar surface area (TPSA) is 62.1 Å². The Morgan fingerprint density at radius 1 is 1.15 bits per heavy atom. The largest absolute Gasteiger partial charge is 0.489 e. The van der Waals surface area contributed by atoms with Crippen molar-refractivity contribution in [3.8, 4) is 22.9 Å². The molecule has 0 saturated carbocycles. The van der Waals surface area contributed by atoms with Crippen LogP contribution in [-0.2, 0) is 12.8 Å². The number of rotatable bonds is 4. The molecule has 1 aliphatic rings. The molecule has 0 unspecified atom stereocenters. The first-order chi connectivity index (χ1) is 12.7. The standard InChI is InChI=1S/C18H17ClN4O2S/c1-23-17(13-3-5-20-6-4-13)21-22-18(23)26-11-12-9-14(19)16-15(10-12)24-7-2-8-25-16/h3-6,9-10H,2,7-8,11H2,1H3. The van der Waals surface area contributed by atoms with Gasteiger partial charge in [-0.25, -0.2) is 0 Å². The first-order valence-corrected chi connectivity index (χ1v) is 9.59. The average molecular weight is 389 g/mol. The Labute approximate surface area is 160 Å². The molecule has 0 radical (unpaired) electrons. The highest BCUT2D eigenvalue weighted by molar-refractivity contribution is 7.98. The van der Waals surface area contributed by atoms with Gasteiger partial charge in [-0.15, -0.1) is 10.2 Å². The number of aromatic nitrogens is 4. The maximum atomic E-state index is 6.36. The van der Waals surface area contributed by atoms with Crippen LogP contribution in [0.4, 0.5) is 0 Å². The number of nitrogens with zero attached hydrogens (tertiary/aromatic N) is 4. The van der Waals surface area contributed by atoms with Crippen molar-refractivity contribution in [2.75, 3.05) is 13.2 Å². The molecule has 134 valence electrons. The summed E-state index contributed by atoms with van der Waals surface area (Å²) < 4.78 is 13.4. The highest BCUT2D eigenvalue weighted by atomic mass is 35.5. The van der Waals surface area contributed by atoms with Crippen molar-refractivity contribution in [2.24, 2.45) is 7.05 Å². The second kappa shape index (κ2) is 7.55. The number of hydrogen-bond acceptors (Lipinski definition) is 6. The zero-order chi connectivity index (χ0) is 17.9. The maximum absolute atomic E-state index is 6.36. The second-order valence-corrected chi connectivity index (χ2v) is 7.19. The van der Waals surface area contributed by atoms with E-state index in [0.717, 1.165) is 28.5 Å². The van der Waals surface area contributed by atoms with Gasteiger partial charge in [0.2, 0.25) is 0 Å². The Morgan fingerprint density at radius 2 is 1.96 bits per heavy atom. The fourth-order valence-corrected chi connectivity index (χ4v) is 3.84. The lowest BCUT2D eigenvalue weighted by molar-refractivity contribution is 0.297. The van der Waals surface area contributed by atoms with Crippen molar-refractivity contribution in [1.82, 2.24) is 19.7 Å². The molecule has 0 atom stereocenters. The van der Waals surface area contributed by atoms with E-state index < -0.39 is 0 Å². The molecule has 3 heterocycles. The van der Waals surface area contributed by atoms with E-state index in [1.165, 1.54) is 0 Å². The number of ether oxygens (including phenoxy) is 2. The highest BCUT2D eigenvalue weighted by Gasteiger charge is 2.17. The summed E-state index contributed by atoms with van der Waals surface area (Å²) in [6, 6.07) is 7.74. The van der Waals surface area contributed by atoms with Crippen LogP contribution < -0.4 is 9.47 Å². The summed E-state index contributed by atoms with van der Waals surface area (Å²) in [4.78, 5) is 4.04. The van der Waals surface area contributed by atoms with Crippen LogP contribution in [0.15, 0.2) is 41.8 Å². The van der Waals surface area contributed by atoms with Crippen molar-refractivity contribution in [3.05, 3.63) is 47.2 Å². The Kier molecular flexibility index (Phi) is 4.99. The zero-order valence-corrected chi connectivity index (χ0v) is 15.8. The highest BCUT2D eigenvalue weighted by Crippen LogP contribution is 2.39. The predicted octanol–water partition coefficient (Wildman–Crippen LogP) is 3.98. The summed E-state index contributed by atoms with van der Waals surface area (Å²) in [5.74, 6) is 2.86. The lowest BCUT2D eigenvalue weighted by Gasteiger charge is -2.11. The van der Waals surface area contributed by atoms with Crippen molar-refractivity contribution < 1.29 is 9.47 Å². The molecule has 0 saturated heterocycles. The van der Waals surface area contributed by atoms with E-state index >= 15 is 0 Å². The van der Waals surface area contributed by atoms with Crippen LogP contribution in [-0.4, -0.2) is 33.0 Å². The minimum atomic E-state index is 0.579. The van der Waals surface area contributed by atoms with Gasteiger partial charge in [-0.3, -0.25) is 4.98 Å². The van der Waals surface area contributed by atoms with E-state index in [2.05, 4.69) is 15.2 Å². The monoisotopic (exact) mass is 388 g/mol. The van der Waals surface area contributed by atoms with Crippen LogP contribution in [0.5, 0.6) is 11.5 Å². The fourth-order valence-electron chi connectivity index (χ4n) is 2.71. The van der Waals surface area contributed by atoms with E-state index in [0.29, 0.717) is 35.5 Å². The van der Waals surface area contributed by atoms with Gasteiger partial charge in [-0.05, 0) is 29.8 Å². The molecule has 2 aromatic heterocycles. The van der Waals surface area contributed by atoms with Crippen molar-refractivity contribution >= 4 is 23.4 Å². The number of fused-ring (bicyclic) bond motifs is 1. The number of hydrogen-bond donors (Lipinski definition) is 0. The number of benzene rings is 1. The first-order valence-electron chi connectivity index (χ1n) is 8.23. The molecule has 0 N–H and O–H groups in total. The van der Waals surface area contributed by atoms with Gasteiger partial charge in [-0.1, -0.05) is 23.4 Å². The van der Waals surface area contributed by atoms with E-state index in [1.54, 1.807) is 24.2 Å². The molecule has 0 bridgehead atoms. The minimum Gasteiger partial charge on any atom is -0.489 e. The molecule has 0 fully saturated rings. The van der Waals surface area contributed by atoms with Gasteiger partial charge >= 0.3 is 0 Å². The first kappa shape index (κ1) is 17.2. The van der Waals surface area contributed by atoms with Gasteiger partial charge in [0.25, 0.3) is 0 Å². The van der Waals surface area contributed by atoms with Gasteiger partial charge in [0.15, 0.2) is 22.5 Å². The van der Waals surface area contributed by atoms with Gasteiger partial charge in [0.05, 0.1) is 18.2 Å².